The number of aliphatic carboxylic acids is 1. The van der Waals surface area contributed by atoms with E-state index in [1.54, 1.807) is 0 Å². The molecule has 2 N–H and O–H groups in total. The van der Waals surface area contributed by atoms with Crippen molar-refractivity contribution in [3.8, 4) is 0 Å². The van der Waals surface area contributed by atoms with Gasteiger partial charge in [-0.05, 0) is 31.4 Å². The van der Waals surface area contributed by atoms with Crippen LogP contribution in [-0.2, 0) is 9.59 Å². The van der Waals surface area contributed by atoms with Crippen molar-refractivity contribution in [2.24, 2.45) is 11.8 Å². The minimum absolute atomic E-state index is 0.0381. The Hall–Kier alpha value is -1.98. The molecule has 6 heteroatoms. The van der Waals surface area contributed by atoms with Crippen LogP contribution in [-0.4, -0.2) is 23.0 Å². The van der Waals surface area contributed by atoms with Gasteiger partial charge in [-0.25, -0.2) is 8.78 Å². The average molecular weight is 309 g/mol. The van der Waals surface area contributed by atoms with Gasteiger partial charge >= 0.3 is 5.97 Å². The van der Waals surface area contributed by atoms with Crippen LogP contribution in [0.2, 0.25) is 0 Å². The Bertz CT molecular complexity index is 599. The molecule has 1 amide bonds. The van der Waals surface area contributed by atoms with E-state index in [2.05, 4.69) is 5.32 Å². The summed E-state index contributed by atoms with van der Waals surface area (Å²) in [6.07, 6.45) is 2.34. The number of nitrogens with one attached hydrogen (secondary N) is 1. The van der Waals surface area contributed by atoms with Crippen LogP contribution in [0.5, 0.6) is 0 Å². The van der Waals surface area contributed by atoms with Crippen LogP contribution in [0.15, 0.2) is 18.2 Å². The van der Waals surface area contributed by atoms with E-state index in [-0.39, 0.29) is 17.5 Å². The Morgan fingerprint density at radius 1 is 1.14 bits per heavy atom. The molecule has 0 bridgehead atoms. The van der Waals surface area contributed by atoms with Gasteiger partial charge in [-0.2, -0.15) is 0 Å². The molecule has 4 atom stereocenters. The Morgan fingerprint density at radius 2 is 1.82 bits per heavy atom. The lowest BCUT2D eigenvalue weighted by Crippen LogP contribution is -2.41. The molecule has 3 rings (SSSR count). The van der Waals surface area contributed by atoms with Crippen LogP contribution in [0.4, 0.5) is 8.78 Å². The highest BCUT2D eigenvalue weighted by molar-refractivity contribution is 5.84. The van der Waals surface area contributed by atoms with E-state index in [0.717, 1.165) is 6.42 Å². The van der Waals surface area contributed by atoms with Gasteiger partial charge in [0, 0.05) is 23.4 Å². The Balaban J connectivity index is 1.65. The normalized spacial score (nSPS) is 30.1. The van der Waals surface area contributed by atoms with Crippen molar-refractivity contribution in [1.29, 1.82) is 0 Å². The van der Waals surface area contributed by atoms with E-state index in [4.69, 9.17) is 5.11 Å². The van der Waals surface area contributed by atoms with Crippen LogP contribution < -0.4 is 5.32 Å². The molecule has 0 aromatic heterocycles. The zero-order chi connectivity index (χ0) is 15.9. The molecule has 22 heavy (non-hydrogen) atoms. The zero-order valence-electron chi connectivity index (χ0n) is 11.9. The minimum Gasteiger partial charge on any atom is -0.481 e. The fraction of sp³-hybridized carbons (Fsp3) is 0.500. The fourth-order valence-electron chi connectivity index (χ4n) is 3.39. The van der Waals surface area contributed by atoms with E-state index in [0.29, 0.717) is 19.3 Å². The van der Waals surface area contributed by atoms with Crippen molar-refractivity contribution < 1.29 is 23.5 Å². The first-order chi connectivity index (χ1) is 10.5. The van der Waals surface area contributed by atoms with Gasteiger partial charge in [0.25, 0.3) is 0 Å². The summed E-state index contributed by atoms with van der Waals surface area (Å²) in [5.41, 5.74) is -0.0381. The van der Waals surface area contributed by atoms with Gasteiger partial charge in [0.15, 0.2) is 0 Å². The highest BCUT2D eigenvalue weighted by atomic mass is 19.1. The second kappa shape index (κ2) is 5.66. The lowest BCUT2D eigenvalue weighted by Gasteiger charge is -2.17. The standard InChI is InChI=1S/C16H17F2NO3/c17-11-4-2-5-12(18)14(11)9-7-10(9)15(20)19-13-6-1-3-8(13)16(21)22/h2,4-5,8-10,13H,1,3,6-7H2,(H,19,20)(H,21,22)/t8-,9?,10?,13+/m1/s1. The maximum atomic E-state index is 13.7. The maximum Gasteiger partial charge on any atom is 0.308 e. The summed E-state index contributed by atoms with van der Waals surface area (Å²) in [5.74, 6) is -3.96. The molecule has 0 aliphatic heterocycles. The summed E-state index contributed by atoms with van der Waals surface area (Å²) in [6.45, 7) is 0. The number of hydrogen-bond donors (Lipinski definition) is 2. The van der Waals surface area contributed by atoms with Gasteiger partial charge in [-0.1, -0.05) is 12.5 Å². The average Bonchev–Trinajstić information content (AvgIpc) is 3.09. The molecule has 2 fully saturated rings. The molecule has 1 aromatic carbocycles. The number of halogens is 2. The van der Waals surface area contributed by atoms with Crippen LogP contribution in [0.1, 0.15) is 37.2 Å². The molecular formula is C16H17F2NO3. The first-order valence-corrected chi connectivity index (χ1v) is 7.46. The predicted octanol–water partition coefficient (Wildman–Crippen LogP) is 2.44. The van der Waals surface area contributed by atoms with Gasteiger partial charge in [0.2, 0.25) is 5.91 Å². The number of amides is 1. The molecular weight excluding hydrogens is 292 g/mol. The minimum atomic E-state index is -0.907. The number of benzene rings is 1. The third-order valence-corrected chi connectivity index (χ3v) is 4.66. The SMILES string of the molecule is O=C(N[C@H]1CCC[C@H]1C(=O)O)C1CC1c1c(F)cccc1F. The van der Waals surface area contributed by atoms with Gasteiger partial charge in [-0.3, -0.25) is 9.59 Å². The summed E-state index contributed by atoms with van der Waals surface area (Å²) in [4.78, 5) is 23.3. The van der Waals surface area contributed by atoms with Crippen molar-refractivity contribution in [2.75, 3.05) is 0 Å². The van der Waals surface area contributed by atoms with Gasteiger partial charge in [0.1, 0.15) is 11.6 Å². The topological polar surface area (TPSA) is 66.4 Å². The summed E-state index contributed by atoms with van der Waals surface area (Å²) < 4.78 is 27.4. The number of carboxylic acid groups (broad SMARTS) is 1. The van der Waals surface area contributed by atoms with E-state index >= 15 is 0 Å². The highest BCUT2D eigenvalue weighted by Gasteiger charge is 2.48. The number of carboxylic acids is 1. The predicted molar refractivity (Wildman–Crippen MR) is 74.1 cm³/mol. The number of carbonyl (C=O) groups is 2. The first-order valence-electron chi connectivity index (χ1n) is 7.46. The van der Waals surface area contributed by atoms with Crippen LogP contribution in [0, 0.1) is 23.5 Å². The van der Waals surface area contributed by atoms with Crippen molar-refractivity contribution in [2.45, 2.75) is 37.6 Å². The second-order valence-electron chi connectivity index (χ2n) is 6.07. The van der Waals surface area contributed by atoms with Crippen molar-refractivity contribution >= 4 is 11.9 Å². The number of rotatable bonds is 4. The monoisotopic (exact) mass is 309 g/mol. The third-order valence-electron chi connectivity index (χ3n) is 4.66. The van der Waals surface area contributed by atoms with Crippen molar-refractivity contribution in [3.05, 3.63) is 35.4 Å². The van der Waals surface area contributed by atoms with Gasteiger partial charge in [-0.15, -0.1) is 0 Å². The Morgan fingerprint density at radius 3 is 2.45 bits per heavy atom. The smallest absolute Gasteiger partial charge is 0.308 e. The van der Waals surface area contributed by atoms with Crippen molar-refractivity contribution in [3.63, 3.8) is 0 Å². The van der Waals surface area contributed by atoms with E-state index in [9.17, 15) is 18.4 Å². The molecule has 2 saturated carbocycles. The zero-order valence-corrected chi connectivity index (χ0v) is 11.9. The third kappa shape index (κ3) is 2.69. The lowest BCUT2D eigenvalue weighted by molar-refractivity contribution is -0.142. The van der Waals surface area contributed by atoms with Gasteiger partial charge in [0.05, 0.1) is 5.92 Å². The second-order valence-corrected chi connectivity index (χ2v) is 6.07. The molecule has 118 valence electrons. The number of hydrogen-bond acceptors (Lipinski definition) is 2. The van der Waals surface area contributed by atoms with Crippen molar-refractivity contribution in [1.82, 2.24) is 5.32 Å². The molecule has 0 radical (unpaired) electrons. The van der Waals surface area contributed by atoms with Crippen LogP contribution in [0.25, 0.3) is 0 Å². The van der Waals surface area contributed by atoms with E-state index in [1.807, 2.05) is 0 Å². The summed E-state index contributed by atoms with van der Waals surface area (Å²) in [6, 6.07) is 3.28. The van der Waals surface area contributed by atoms with E-state index < -0.39 is 35.4 Å². The van der Waals surface area contributed by atoms with E-state index in [1.165, 1.54) is 18.2 Å². The summed E-state index contributed by atoms with van der Waals surface area (Å²) in [7, 11) is 0. The summed E-state index contributed by atoms with van der Waals surface area (Å²) >= 11 is 0. The molecule has 2 aliphatic carbocycles. The molecule has 0 saturated heterocycles. The largest absolute Gasteiger partial charge is 0.481 e. The molecule has 4 nitrogen and oxygen atoms in total. The molecule has 2 aliphatic rings. The Kier molecular flexibility index (Phi) is 3.85. The van der Waals surface area contributed by atoms with Crippen LogP contribution in [0.3, 0.4) is 0 Å². The highest BCUT2D eigenvalue weighted by Crippen LogP contribution is 2.49. The molecule has 0 heterocycles. The van der Waals surface area contributed by atoms with Crippen LogP contribution >= 0.6 is 0 Å². The van der Waals surface area contributed by atoms with Gasteiger partial charge < -0.3 is 10.4 Å². The lowest BCUT2D eigenvalue weighted by atomic mass is 10.0. The quantitative estimate of drug-likeness (QED) is 0.898. The number of carbonyl (C=O) groups excluding carboxylic acids is 1. The summed E-state index contributed by atoms with van der Waals surface area (Å²) in [5, 5.41) is 11.8. The molecule has 1 aromatic rings. The molecule has 2 unspecified atom stereocenters. The Labute approximate surface area is 126 Å². The fourth-order valence-corrected chi connectivity index (χ4v) is 3.39. The molecule has 0 spiro atoms. The maximum absolute atomic E-state index is 13.7. The first kappa shape index (κ1) is 14.9.